The summed E-state index contributed by atoms with van der Waals surface area (Å²) in [6.45, 7) is 3.52. The summed E-state index contributed by atoms with van der Waals surface area (Å²) in [7, 11) is 0. The minimum absolute atomic E-state index is 0.713. The number of aryl methyl sites for hydroxylation is 1. The van der Waals surface area contributed by atoms with Gasteiger partial charge < -0.3 is 10.5 Å². The third-order valence-electron chi connectivity index (χ3n) is 2.74. The van der Waals surface area contributed by atoms with Gasteiger partial charge in [0.1, 0.15) is 5.75 Å². The van der Waals surface area contributed by atoms with Crippen molar-refractivity contribution < 1.29 is 4.74 Å². The maximum Gasteiger partial charge on any atom is 0.120 e. The van der Waals surface area contributed by atoms with Gasteiger partial charge in [0, 0.05) is 4.47 Å². The third kappa shape index (κ3) is 5.55. The summed E-state index contributed by atoms with van der Waals surface area (Å²) in [5.74, 6) is 0.936. The van der Waals surface area contributed by atoms with Gasteiger partial charge >= 0.3 is 0 Å². The molecule has 96 valence electrons. The Hall–Kier alpha value is -0.540. The highest BCUT2D eigenvalue weighted by Crippen LogP contribution is 2.24. The van der Waals surface area contributed by atoms with Crippen LogP contribution in [0.25, 0.3) is 0 Å². The lowest BCUT2D eigenvalue weighted by Gasteiger charge is -2.08. The van der Waals surface area contributed by atoms with Crippen molar-refractivity contribution in [2.75, 3.05) is 13.2 Å². The van der Waals surface area contributed by atoms with Crippen molar-refractivity contribution in [3.63, 3.8) is 0 Å². The topological polar surface area (TPSA) is 35.2 Å². The zero-order chi connectivity index (χ0) is 12.5. The maximum absolute atomic E-state index is 5.47. The number of nitrogens with two attached hydrogens (primary N) is 1. The van der Waals surface area contributed by atoms with E-state index in [1.54, 1.807) is 0 Å². The zero-order valence-corrected chi connectivity index (χ0v) is 12.1. The van der Waals surface area contributed by atoms with Crippen molar-refractivity contribution in [2.24, 2.45) is 5.73 Å². The fourth-order valence-electron chi connectivity index (χ4n) is 1.80. The maximum atomic E-state index is 5.47. The molecule has 0 saturated carbocycles. The van der Waals surface area contributed by atoms with Gasteiger partial charge in [0.05, 0.1) is 6.61 Å². The summed E-state index contributed by atoms with van der Waals surface area (Å²) in [6.07, 6.45) is 6.00. The highest BCUT2D eigenvalue weighted by atomic mass is 79.9. The summed E-state index contributed by atoms with van der Waals surface area (Å²) in [6, 6.07) is 6.25. The molecule has 0 aliphatic rings. The average Bonchev–Trinajstić information content (AvgIpc) is 2.32. The van der Waals surface area contributed by atoms with Crippen molar-refractivity contribution >= 4 is 15.9 Å². The van der Waals surface area contributed by atoms with Crippen molar-refractivity contribution in [1.29, 1.82) is 0 Å². The van der Waals surface area contributed by atoms with Crippen molar-refractivity contribution in [3.05, 3.63) is 28.2 Å². The minimum atomic E-state index is 0.713. The van der Waals surface area contributed by atoms with Crippen LogP contribution < -0.4 is 10.5 Å². The second-order valence-corrected chi connectivity index (χ2v) is 4.99. The van der Waals surface area contributed by atoms with Gasteiger partial charge in [-0.1, -0.05) is 34.8 Å². The molecule has 17 heavy (non-hydrogen) atoms. The van der Waals surface area contributed by atoms with E-state index in [4.69, 9.17) is 10.5 Å². The fraction of sp³-hybridized carbons (Fsp3) is 0.571. The molecule has 0 aromatic heterocycles. The summed E-state index contributed by atoms with van der Waals surface area (Å²) in [4.78, 5) is 0. The summed E-state index contributed by atoms with van der Waals surface area (Å²) >= 11 is 3.60. The molecule has 0 aliphatic carbocycles. The molecule has 2 nitrogen and oxygen atoms in total. The molecule has 0 heterocycles. The van der Waals surface area contributed by atoms with Crippen LogP contribution in [0.3, 0.4) is 0 Å². The number of unbranched alkanes of at least 4 members (excludes halogenated alkanes) is 3. The molecule has 1 rings (SSSR count). The largest absolute Gasteiger partial charge is 0.494 e. The van der Waals surface area contributed by atoms with Crippen LogP contribution in [0.15, 0.2) is 22.7 Å². The number of rotatable bonds is 8. The number of ether oxygens (including phenoxy) is 1. The normalized spacial score (nSPS) is 10.5. The van der Waals surface area contributed by atoms with E-state index in [2.05, 4.69) is 28.1 Å². The second kappa shape index (κ2) is 8.54. The first-order chi connectivity index (χ1) is 8.27. The van der Waals surface area contributed by atoms with Crippen LogP contribution in [0.1, 0.15) is 38.2 Å². The fourth-order valence-corrected chi connectivity index (χ4v) is 2.36. The number of hydrogen-bond donors (Lipinski definition) is 1. The Balaban J connectivity index is 2.38. The zero-order valence-electron chi connectivity index (χ0n) is 10.5. The van der Waals surface area contributed by atoms with Gasteiger partial charge in [0.25, 0.3) is 0 Å². The molecule has 1 aromatic rings. The van der Waals surface area contributed by atoms with Crippen LogP contribution in [0.2, 0.25) is 0 Å². The summed E-state index contributed by atoms with van der Waals surface area (Å²) in [5, 5.41) is 0. The van der Waals surface area contributed by atoms with Crippen molar-refractivity contribution in [2.45, 2.75) is 39.0 Å². The Morgan fingerprint density at radius 3 is 2.59 bits per heavy atom. The van der Waals surface area contributed by atoms with Gasteiger partial charge in [0.15, 0.2) is 0 Å². The molecule has 0 unspecified atom stereocenters. The summed E-state index contributed by atoms with van der Waals surface area (Å²) in [5.41, 5.74) is 6.83. The van der Waals surface area contributed by atoms with E-state index in [1.807, 2.05) is 13.0 Å². The Bertz CT molecular complexity index is 328. The average molecular weight is 300 g/mol. The smallest absolute Gasteiger partial charge is 0.120 e. The third-order valence-corrected chi connectivity index (χ3v) is 3.47. The van der Waals surface area contributed by atoms with E-state index in [0.29, 0.717) is 6.61 Å². The second-order valence-electron chi connectivity index (χ2n) is 4.14. The minimum Gasteiger partial charge on any atom is -0.494 e. The van der Waals surface area contributed by atoms with E-state index in [-0.39, 0.29) is 0 Å². The van der Waals surface area contributed by atoms with Gasteiger partial charge in [-0.2, -0.15) is 0 Å². The van der Waals surface area contributed by atoms with Gasteiger partial charge in [0.2, 0.25) is 0 Å². The van der Waals surface area contributed by atoms with Crippen LogP contribution >= 0.6 is 15.9 Å². The number of benzene rings is 1. The molecule has 0 saturated heterocycles. The van der Waals surface area contributed by atoms with Crippen molar-refractivity contribution in [3.8, 4) is 5.75 Å². The SMILES string of the molecule is CCOc1ccc(CCCCCCN)c(Br)c1. The molecule has 0 aliphatic heterocycles. The van der Waals surface area contributed by atoms with Crippen LogP contribution in [0.5, 0.6) is 5.75 Å². The van der Waals surface area contributed by atoms with Crippen LogP contribution in [0.4, 0.5) is 0 Å². The van der Waals surface area contributed by atoms with E-state index in [9.17, 15) is 0 Å². The van der Waals surface area contributed by atoms with Gasteiger partial charge in [-0.05, 0) is 50.4 Å². The molecule has 0 spiro atoms. The Morgan fingerprint density at radius 1 is 1.18 bits per heavy atom. The van der Waals surface area contributed by atoms with E-state index >= 15 is 0 Å². The van der Waals surface area contributed by atoms with E-state index in [0.717, 1.165) is 29.6 Å². The van der Waals surface area contributed by atoms with Gasteiger partial charge in [-0.25, -0.2) is 0 Å². The Labute approximate surface area is 113 Å². The number of hydrogen-bond acceptors (Lipinski definition) is 2. The molecule has 0 atom stereocenters. The van der Waals surface area contributed by atoms with E-state index in [1.165, 1.54) is 24.8 Å². The van der Waals surface area contributed by atoms with Crippen molar-refractivity contribution in [1.82, 2.24) is 0 Å². The standard InChI is InChI=1S/C14H22BrNO/c1-2-17-13-9-8-12(14(15)11-13)7-5-3-4-6-10-16/h8-9,11H,2-7,10,16H2,1H3. The quantitative estimate of drug-likeness (QED) is 0.739. The molecule has 0 bridgehead atoms. The van der Waals surface area contributed by atoms with E-state index < -0.39 is 0 Å². The highest BCUT2D eigenvalue weighted by Gasteiger charge is 2.02. The predicted octanol–water partition coefficient (Wildman–Crippen LogP) is 3.91. The van der Waals surface area contributed by atoms with Crippen LogP contribution in [-0.4, -0.2) is 13.2 Å². The molecule has 3 heteroatoms. The Kier molecular flexibility index (Phi) is 7.29. The van der Waals surface area contributed by atoms with Gasteiger partial charge in [-0.3, -0.25) is 0 Å². The molecule has 2 N–H and O–H groups in total. The molecule has 0 radical (unpaired) electrons. The molecule has 1 aromatic carbocycles. The lowest BCUT2D eigenvalue weighted by Crippen LogP contribution is -1.98. The number of halogens is 1. The molecule has 0 amide bonds. The van der Waals surface area contributed by atoms with Crippen LogP contribution in [-0.2, 0) is 6.42 Å². The summed E-state index contributed by atoms with van der Waals surface area (Å²) < 4.78 is 6.61. The Morgan fingerprint density at radius 2 is 1.94 bits per heavy atom. The molecular formula is C14H22BrNO. The van der Waals surface area contributed by atoms with Gasteiger partial charge in [-0.15, -0.1) is 0 Å². The lowest BCUT2D eigenvalue weighted by molar-refractivity contribution is 0.340. The first kappa shape index (κ1) is 14.5. The first-order valence-electron chi connectivity index (χ1n) is 6.39. The highest BCUT2D eigenvalue weighted by molar-refractivity contribution is 9.10. The monoisotopic (exact) mass is 299 g/mol. The molecular weight excluding hydrogens is 278 g/mol. The lowest BCUT2D eigenvalue weighted by atomic mass is 10.1. The van der Waals surface area contributed by atoms with Crippen LogP contribution in [0, 0.1) is 0 Å². The first-order valence-corrected chi connectivity index (χ1v) is 7.18. The predicted molar refractivity (Wildman–Crippen MR) is 76.5 cm³/mol. The molecule has 0 fully saturated rings.